The molecule has 2 nitrogen and oxygen atoms in total. The molecule has 0 saturated heterocycles. The van der Waals surface area contributed by atoms with Gasteiger partial charge in [-0.3, -0.25) is 0 Å². The summed E-state index contributed by atoms with van der Waals surface area (Å²) in [7, 11) is 1.72. The zero-order valence-electron chi connectivity index (χ0n) is 9.58. The zero-order chi connectivity index (χ0) is 11.4. The lowest BCUT2D eigenvalue weighted by atomic mass is 10.1. The summed E-state index contributed by atoms with van der Waals surface area (Å²) >= 11 is 2.31. The van der Waals surface area contributed by atoms with Gasteiger partial charge in [0.2, 0.25) is 0 Å². The Hall–Kier alpha value is -0.290. The van der Waals surface area contributed by atoms with E-state index >= 15 is 0 Å². The predicted octanol–water partition coefficient (Wildman–Crippen LogP) is 3.79. The molecule has 0 aliphatic carbocycles. The van der Waals surface area contributed by atoms with Crippen molar-refractivity contribution < 1.29 is 9.47 Å². The van der Waals surface area contributed by atoms with Gasteiger partial charge in [-0.15, -0.1) is 0 Å². The number of benzene rings is 1. The van der Waals surface area contributed by atoms with Crippen molar-refractivity contribution in [3.05, 3.63) is 27.3 Å². The Balaban J connectivity index is 3.00. The molecule has 0 amide bonds. The van der Waals surface area contributed by atoms with Crippen molar-refractivity contribution in [3.8, 4) is 5.75 Å². The second-order valence-corrected chi connectivity index (χ2v) is 4.78. The van der Waals surface area contributed by atoms with Gasteiger partial charge >= 0.3 is 0 Å². The molecule has 0 saturated carbocycles. The first-order chi connectivity index (χ1) is 7.06. The van der Waals surface area contributed by atoms with Crippen LogP contribution in [0, 0.1) is 3.57 Å². The Bertz CT molecular complexity index is 323. The van der Waals surface area contributed by atoms with Crippen molar-refractivity contribution in [3.63, 3.8) is 0 Å². The maximum absolute atomic E-state index is 5.72. The van der Waals surface area contributed by atoms with Crippen molar-refractivity contribution in [2.45, 2.75) is 33.0 Å². The molecule has 1 aromatic carbocycles. The molecule has 0 fully saturated rings. The second-order valence-electron chi connectivity index (χ2n) is 3.70. The smallest absolute Gasteiger partial charge is 0.133 e. The van der Waals surface area contributed by atoms with Crippen LogP contribution in [0.15, 0.2) is 18.2 Å². The van der Waals surface area contributed by atoms with Crippen LogP contribution < -0.4 is 4.74 Å². The van der Waals surface area contributed by atoms with Gasteiger partial charge in [0.1, 0.15) is 5.75 Å². The molecule has 0 bridgehead atoms. The SMILES string of the molecule is COC(C)c1cccc(OC(C)C)c1I. The summed E-state index contributed by atoms with van der Waals surface area (Å²) < 4.78 is 12.2. The number of rotatable bonds is 4. The first kappa shape index (κ1) is 12.8. The van der Waals surface area contributed by atoms with E-state index in [-0.39, 0.29) is 12.2 Å². The molecule has 3 heteroatoms. The summed E-state index contributed by atoms with van der Waals surface area (Å²) in [4.78, 5) is 0. The lowest BCUT2D eigenvalue weighted by Gasteiger charge is -2.17. The Morgan fingerprint density at radius 3 is 2.40 bits per heavy atom. The number of hydrogen-bond donors (Lipinski definition) is 0. The average Bonchev–Trinajstić information content (AvgIpc) is 2.19. The summed E-state index contributed by atoms with van der Waals surface area (Å²) in [6.07, 6.45) is 0.305. The normalized spacial score (nSPS) is 12.9. The van der Waals surface area contributed by atoms with E-state index < -0.39 is 0 Å². The van der Waals surface area contributed by atoms with E-state index in [9.17, 15) is 0 Å². The van der Waals surface area contributed by atoms with E-state index in [1.807, 2.05) is 32.9 Å². The summed E-state index contributed by atoms with van der Waals surface area (Å²) in [6, 6.07) is 6.07. The van der Waals surface area contributed by atoms with Gasteiger partial charge in [-0.05, 0) is 55.0 Å². The van der Waals surface area contributed by atoms with Gasteiger partial charge in [-0.25, -0.2) is 0 Å². The number of hydrogen-bond acceptors (Lipinski definition) is 2. The van der Waals surface area contributed by atoms with E-state index in [1.165, 1.54) is 5.56 Å². The monoisotopic (exact) mass is 320 g/mol. The van der Waals surface area contributed by atoms with Gasteiger partial charge in [0.15, 0.2) is 0 Å². The van der Waals surface area contributed by atoms with Crippen LogP contribution in [0.5, 0.6) is 5.75 Å². The third-order valence-electron chi connectivity index (χ3n) is 2.15. The first-order valence-electron chi connectivity index (χ1n) is 5.04. The molecular weight excluding hydrogens is 303 g/mol. The summed E-state index contributed by atoms with van der Waals surface area (Å²) in [5.74, 6) is 0.937. The van der Waals surface area contributed by atoms with Gasteiger partial charge in [-0.2, -0.15) is 0 Å². The van der Waals surface area contributed by atoms with E-state index in [0.717, 1.165) is 9.32 Å². The fraction of sp³-hybridized carbons (Fsp3) is 0.500. The van der Waals surface area contributed by atoms with Gasteiger partial charge in [0, 0.05) is 7.11 Å². The molecule has 84 valence electrons. The van der Waals surface area contributed by atoms with Crippen LogP contribution in [-0.4, -0.2) is 13.2 Å². The maximum atomic E-state index is 5.72. The minimum absolute atomic E-state index is 0.104. The largest absolute Gasteiger partial charge is 0.490 e. The van der Waals surface area contributed by atoms with Gasteiger partial charge in [-0.1, -0.05) is 12.1 Å². The average molecular weight is 320 g/mol. The van der Waals surface area contributed by atoms with Crippen molar-refractivity contribution >= 4 is 22.6 Å². The molecule has 0 aliphatic heterocycles. The minimum atomic E-state index is 0.104. The molecular formula is C12H17IO2. The first-order valence-corrected chi connectivity index (χ1v) is 6.12. The minimum Gasteiger partial charge on any atom is -0.490 e. The summed E-state index contributed by atoms with van der Waals surface area (Å²) in [5.41, 5.74) is 1.18. The molecule has 1 unspecified atom stereocenters. The van der Waals surface area contributed by atoms with Crippen LogP contribution >= 0.6 is 22.6 Å². The molecule has 1 atom stereocenters. The second kappa shape index (κ2) is 5.70. The topological polar surface area (TPSA) is 18.5 Å². The van der Waals surface area contributed by atoms with Gasteiger partial charge in [0.25, 0.3) is 0 Å². The quantitative estimate of drug-likeness (QED) is 0.786. The lowest BCUT2D eigenvalue weighted by Crippen LogP contribution is -2.08. The highest BCUT2D eigenvalue weighted by Crippen LogP contribution is 2.30. The van der Waals surface area contributed by atoms with Crippen LogP contribution in [-0.2, 0) is 4.74 Å². The van der Waals surface area contributed by atoms with E-state index in [1.54, 1.807) is 7.11 Å². The number of ether oxygens (including phenoxy) is 2. The fourth-order valence-corrected chi connectivity index (χ4v) is 2.24. The van der Waals surface area contributed by atoms with Crippen LogP contribution in [0.4, 0.5) is 0 Å². The highest BCUT2D eigenvalue weighted by atomic mass is 127. The third kappa shape index (κ3) is 3.34. The van der Waals surface area contributed by atoms with Crippen molar-refractivity contribution in [2.24, 2.45) is 0 Å². The Labute approximate surface area is 105 Å². The van der Waals surface area contributed by atoms with Crippen molar-refractivity contribution in [2.75, 3.05) is 7.11 Å². The van der Waals surface area contributed by atoms with E-state index in [2.05, 4.69) is 28.7 Å². The standard InChI is InChI=1S/C12H17IO2/c1-8(2)15-11-7-5-6-10(12(11)13)9(3)14-4/h5-9H,1-4H3. The Morgan fingerprint density at radius 2 is 1.87 bits per heavy atom. The van der Waals surface area contributed by atoms with Gasteiger partial charge in [0.05, 0.1) is 15.8 Å². The lowest BCUT2D eigenvalue weighted by molar-refractivity contribution is 0.118. The number of halogens is 1. The molecule has 15 heavy (non-hydrogen) atoms. The van der Waals surface area contributed by atoms with Crippen LogP contribution in [0.1, 0.15) is 32.4 Å². The molecule has 0 radical (unpaired) electrons. The zero-order valence-corrected chi connectivity index (χ0v) is 11.7. The fourth-order valence-electron chi connectivity index (χ4n) is 1.31. The Kier molecular flexibility index (Phi) is 4.86. The van der Waals surface area contributed by atoms with E-state index in [0.29, 0.717) is 0 Å². The maximum Gasteiger partial charge on any atom is 0.133 e. The molecule has 1 aromatic rings. The van der Waals surface area contributed by atoms with Crippen molar-refractivity contribution in [1.82, 2.24) is 0 Å². The molecule has 0 heterocycles. The number of methoxy groups -OCH3 is 1. The molecule has 1 rings (SSSR count). The Morgan fingerprint density at radius 1 is 1.20 bits per heavy atom. The van der Waals surface area contributed by atoms with Crippen LogP contribution in [0.3, 0.4) is 0 Å². The highest BCUT2D eigenvalue weighted by Gasteiger charge is 2.12. The van der Waals surface area contributed by atoms with Crippen molar-refractivity contribution in [1.29, 1.82) is 0 Å². The summed E-state index contributed by atoms with van der Waals surface area (Å²) in [5, 5.41) is 0. The van der Waals surface area contributed by atoms with Crippen LogP contribution in [0.25, 0.3) is 0 Å². The third-order valence-corrected chi connectivity index (χ3v) is 3.30. The molecule has 0 aliphatic rings. The molecule has 0 spiro atoms. The molecule has 0 aromatic heterocycles. The summed E-state index contributed by atoms with van der Waals surface area (Å²) in [6.45, 7) is 6.10. The predicted molar refractivity (Wildman–Crippen MR) is 70.3 cm³/mol. The highest BCUT2D eigenvalue weighted by molar-refractivity contribution is 14.1. The van der Waals surface area contributed by atoms with E-state index in [4.69, 9.17) is 9.47 Å². The van der Waals surface area contributed by atoms with Gasteiger partial charge < -0.3 is 9.47 Å². The van der Waals surface area contributed by atoms with Crippen LogP contribution in [0.2, 0.25) is 0 Å². The molecule has 0 N–H and O–H groups in total.